The molecule has 0 atom stereocenters. The van der Waals surface area contributed by atoms with E-state index in [-0.39, 0.29) is 0 Å². The van der Waals surface area contributed by atoms with E-state index in [0.29, 0.717) is 17.9 Å². The summed E-state index contributed by atoms with van der Waals surface area (Å²) in [4.78, 5) is 17.6. The van der Waals surface area contributed by atoms with Crippen LogP contribution in [0, 0.1) is 0 Å². The second-order valence-electron chi connectivity index (χ2n) is 5.40. The van der Waals surface area contributed by atoms with Gasteiger partial charge in [-0.3, -0.25) is 0 Å². The van der Waals surface area contributed by atoms with Crippen molar-refractivity contribution >= 4 is 17.8 Å². The maximum absolute atomic E-state index is 4.57. The fourth-order valence-electron chi connectivity index (χ4n) is 1.92. The highest BCUT2D eigenvalue weighted by atomic mass is 15.4. The first-order valence-electron chi connectivity index (χ1n) is 7.37. The van der Waals surface area contributed by atoms with E-state index < -0.39 is 0 Å². The van der Waals surface area contributed by atoms with E-state index in [9.17, 15) is 0 Å². The minimum Gasteiger partial charge on any atom is -0.357 e. The van der Waals surface area contributed by atoms with E-state index in [4.69, 9.17) is 0 Å². The van der Waals surface area contributed by atoms with E-state index >= 15 is 0 Å². The Kier molecular flexibility index (Phi) is 6.48. The Bertz CT molecular complexity index is 405. The van der Waals surface area contributed by atoms with Crippen molar-refractivity contribution in [2.75, 3.05) is 42.8 Å². The zero-order chi connectivity index (χ0) is 15.1. The van der Waals surface area contributed by atoms with Crippen LogP contribution in [0.25, 0.3) is 0 Å². The SMILES string of the molecule is CCCCCN(c1nc(NC)nc(N(C)C)n1)C(C)C. The highest BCUT2D eigenvalue weighted by molar-refractivity contribution is 5.44. The highest BCUT2D eigenvalue weighted by Gasteiger charge is 2.16. The van der Waals surface area contributed by atoms with Gasteiger partial charge in [-0.05, 0) is 20.3 Å². The van der Waals surface area contributed by atoms with Crippen LogP contribution in [-0.4, -0.2) is 48.7 Å². The van der Waals surface area contributed by atoms with E-state index in [1.807, 2.05) is 26.0 Å². The van der Waals surface area contributed by atoms with Gasteiger partial charge in [0.05, 0.1) is 0 Å². The van der Waals surface area contributed by atoms with Gasteiger partial charge in [-0.2, -0.15) is 15.0 Å². The molecule has 114 valence electrons. The number of rotatable bonds is 8. The molecule has 0 amide bonds. The second-order valence-corrected chi connectivity index (χ2v) is 5.40. The van der Waals surface area contributed by atoms with Crippen LogP contribution in [0.15, 0.2) is 0 Å². The molecular weight excluding hydrogens is 252 g/mol. The van der Waals surface area contributed by atoms with E-state index in [2.05, 4.69) is 45.9 Å². The van der Waals surface area contributed by atoms with Gasteiger partial charge in [-0.15, -0.1) is 0 Å². The summed E-state index contributed by atoms with van der Waals surface area (Å²) in [5.74, 6) is 2.04. The lowest BCUT2D eigenvalue weighted by Crippen LogP contribution is -2.34. The van der Waals surface area contributed by atoms with Crippen LogP contribution in [0.2, 0.25) is 0 Å². The Morgan fingerprint density at radius 2 is 1.70 bits per heavy atom. The predicted molar refractivity (Wildman–Crippen MR) is 85.7 cm³/mol. The maximum Gasteiger partial charge on any atom is 0.232 e. The fraction of sp³-hybridized carbons (Fsp3) is 0.786. The smallest absolute Gasteiger partial charge is 0.232 e. The third-order valence-electron chi connectivity index (χ3n) is 3.12. The molecule has 6 heteroatoms. The number of unbranched alkanes of at least 4 members (excludes halogenated alkanes) is 2. The molecule has 1 aromatic heterocycles. The molecule has 0 fully saturated rings. The Morgan fingerprint density at radius 1 is 1.05 bits per heavy atom. The van der Waals surface area contributed by atoms with Crippen molar-refractivity contribution in [2.24, 2.45) is 0 Å². The van der Waals surface area contributed by atoms with Crippen LogP contribution in [0.4, 0.5) is 17.8 Å². The van der Waals surface area contributed by atoms with Crippen molar-refractivity contribution in [3.8, 4) is 0 Å². The van der Waals surface area contributed by atoms with Crippen molar-refractivity contribution in [3.63, 3.8) is 0 Å². The van der Waals surface area contributed by atoms with Gasteiger partial charge in [-0.1, -0.05) is 19.8 Å². The summed E-state index contributed by atoms with van der Waals surface area (Å²) >= 11 is 0. The molecule has 0 aliphatic heterocycles. The predicted octanol–water partition coefficient (Wildman–Crippen LogP) is 2.38. The molecule has 0 aliphatic rings. The van der Waals surface area contributed by atoms with E-state index in [1.165, 1.54) is 12.8 Å². The number of anilines is 3. The first kappa shape index (κ1) is 16.5. The van der Waals surface area contributed by atoms with Gasteiger partial charge in [0.25, 0.3) is 0 Å². The standard InChI is InChI=1S/C14H28N6/c1-7-8-9-10-20(11(2)3)14-17-12(15-4)16-13(18-14)19(5)6/h11H,7-10H2,1-6H3,(H,15,16,17,18). The summed E-state index contributed by atoms with van der Waals surface area (Å²) in [6, 6.07) is 0.369. The molecular formula is C14H28N6. The second kappa shape index (κ2) is 7.87. The lowest BCUT2D eigenvalue weighted by atomic mass is 10.2. The van der Waals surface area contributed by atoms with Crippen molar-refractivity contribution in [2.45, 2.75) is 46.1 Å². The third kappa shape index (κ3) is 4.51. The fourth-order valence-corrected chi connectivity index (χ4v) is 1.92. The van der Waals surface area contributed by atoms with Crippen LogP contribution in [-0.2, 0) is 0 Å². The van der Waals surface area contributed by atoms with Crippen LogP contribution in [0.3, 0.4) is 0 Å². The van der Waals surface area contributed by atoms with Gasteiger partial charge in [0, 0.05) is 33.7 Å². The molecule has 0 radical (unpaired) electrons. The Morgan fingerprint density at radius 3 is 2.20 bits per heavy atom. The molecule has 20 heavy (non-hydrogen) atoms. The first-order chi connectivity index (χ1) is 9.49. The van der Waals surface area contributed by atoms with Gasteiger partial charge in [0.15, 0.2) is 0 Å². The van der Waals surface area contributed by atoms with Crippen molar-refractivity contribution < 1.29 is 0 Å². The van der Waals surface area contributed by atoms with Gasteiger partial charge < -0.3 is 15.1 Å². The Hall–Kier alpha value is -1.59. The van der Waals surface area contributed by atoms with Gasteiger partial charge in [0.1, 0.15) is 0 Å². The molecule has 6 nitrogen and oxygen atoms in total. The molecule has 1 N–H and O–H groups in total. The van der Waals surface area contributed by atoms with Gasteiger partial charge >= 0.3 is 0 Å². The maximum atomic E-state index is 4.57. The first-order valence-corrected chi connectivity index (χ1v) is 7.37. The van der Waals surface area contributed by atoms with Crippen LogP contribution < -0.4 is 15.1 Å². The lowest BCUT2D eigenvalue weighted by molar-refractivity contribution is 0.611. The van der Waals surface area contributed by atoms with Crippen LogP contribution in [0.5, 0.6) is 0 Å². The van der Waals surface area contributed by atoms with Gasteiger partial charge in [0.2, 0.25) is 17.8 Å². The molecule has 0 aliphatic carbocycles. The topological polar surface area (TPSA) is 57.2 Å². The normalized spacial score (nSPS) is 10.8. The number of nitrogens with zero attached hydrogens (tertiary/aromatic N) is 5. The number of hydrogen-bond donors (Lipinski definition) is 1. The summed E-state index contributed by atoms with van der Waals surface area (Å²) in [5, 5.41) is 3.01. The third-order valence-corrected chi connectivity index (χ3v) is 3.12. The zero-order valence-corrected chi connectivity index (χ0v) is 13.6. The zero-order valence-electron chi connectivity index (χ0n) is 13.6. The van der Waals surface area contributed by atoms with Gasteiger partial charge in [-0.25, -0.2) is 0 Å². The van der Waals surface area contributed by atoms with Crippen LogP contribution in [0.1, 0.15) is 40.0 Å². The lowest BCUT2D eigenvalue weighted by Gasteiger charge is -2.27. The molecule has 0 saturated carbocycles. The quantitative estimate of drug-likeness (QED) is 0.738. The highest BCUT2D eigenvalue weighted by Crippen LogP contribution is 2.18. The average Bonchev–Trinajstić information content (AvgIpc) is 2.42. The Labute approximate surface area is 122 Å². The minimum atomic E-state index is 0.369. The molecule has 0 aromatic carbocycles. The van der Waals surface area contributed by atoms with Crippen LogP contribution >= 0.6 is 0 Å². The monoisotopic (exact) mass is 280 g/mol. The number of hydrogen-bond acceptors (Lipinski definition) is 6. The number of nitrogens with one attached hydrogen (secondary N) is 1. The molecule has 1 heterocycles. The molecule has 0 unspecified atom stereocenters. The minimum absolute atomic E-state index is 0.369. The molecule has 0 spiro atoms. The largest absolute Gasteiger partial charge is 0.357 e. The van der Waals surface area contributed by atoms with Crippen molar-refractivity contribution in [3.05, 3.63) is 0 Å². The van der Waals surface area contributed by atoms with E-state index in [1.54, 1.807) is 0 Å². The molecule has 0 saturated heterocycles. The molecule has 1 aromatic rings. The molecule has 1 rings (SSSR count). The average molecular weight is 280 g/mol. The molecule has 0 bridgehead atoms. The summed E-state index contributed by atoms with van der Waals surface area (Å²) in [6.07, 6.45) is 3.61. The van der Waals surface area contributed by atoms with E-state index in [0.717, 1.165) is 18.9 Å². The van der Waals surface area contributed by atoms with Crippen molar-refractivity contribution in [1.82, 2.24) is 15.0 Å². The number of aromatic nitrogens is 3. The summed E-state index contributed by atoms with van der Waals surface area (Å²) in [7, 11) is 5.71. The summed E-state index contributed by atoms with van der Waals surface area (Å²) < 4.78 is 0. The Balaban J connectivity index is 3.02. The summed E-state index contributed by atoms with van der Waals surface area (Å²) in [6.45, 7) is 7.53. The van der Waals surface area contributed by atoms with Crippen molar-refractivity contribution in [1.29, 1.82) is 0 Å². The summed E-state index contributed by atoms with van der Waals surface area (Å²) in [5.41, 5.74) is 0.